The minimum Gasteiger partial charge on any atom is -0.494 e. The number of ether oxygens (including phenoxy) is 1. The Morgan fingerprint density at radius 3 is 2.67 bits per heavy atom. The van der Waals surface area contributed by atoms with Crippen LogP contribution in [0.1, 0.15) is 38.2 Å². The minimum atomic E-state index is 0.714. The Hall–Kier alpha value is -2.82. The van der Waals surface area contributed by atoms with Crippen molar-refractivity contribution >= 4 is 22.4 Å². The van der Waals surface area contributed by atoms with E-state index in [1.54, 1.807) is 6.33 Å². The molecule has 5 nitrogen and oxygen atoms in total. The molecule has 142 valence electrons. The summed E-state index contributed by atoms with van der Waals surface area (Å²) in [6, 6.07) is 14.0. The number of nitrogen functional groups attached to an aromatic ring is 1. The molecule has 1 aromatic heterocycles. The Morgan fingerprint density at radius 1 is 1.00 bits per heavy atom. The van der Waals surface area contributed by atoms with Crippen LogP contribution in [0.25, 0.3) is 10.9 Å². The van der Waals surface area contributed by atoms with E-state index in [2.05, 4.69) is 46.5 Å². The number of fused-ring (bicyclic) bond motifs is 1. The van der Waals surface area contributed by atoms with Gasteiger partial charge < -0.3 is 15.8 Å². The first-order chi connectivity index (χ1) is 13.3. The highest BCUT2D eigenvalue weighted by atomic mass is 16.5. The summed E-state index contributed by atoms with van der Waals surface area (Å²) in [5.41, 5.74) is 8.76. The van der Waals surface area contributed by atoms with Crippen molar-refractivity contribution in [1.29, 1.82) is 0 Å². The van der Waals surface area contributed by atoms with Crippen molar-refractivity contribution in [3.05, 3.63) is 54.4 Å². The van der Waals surface area contributed by atoms with Crippen molar-refractivity contribution in [2.45, 2.75) is 39.0 Å². The largest absolute Gasteiger partial charge is 0.494 e. The topological polar surface area (TPSA) is 73.1 Å². The zero-order valence-corrected chi connectivity index (χ0v) is 15.9. The Balaban J connectivity index is 1.49. The summed E-state index contributed by atoms with van der Waals surface area (Å²) < 4.78 is 5.80. The van der Waals surface area contributed by atoms with Crippen molar-refractivity contribution in [2.24, 2.45) is 0 Å². The van der Waals surface area contributed by atoms with Gasteiger partial charge in [0, 0.05) is 17.6 Å². The molecule has 0 spiro atoms. The first kappa shape index (κ1) is 19.0. The smallest absolute Gasteiger partial charge is 0.137 e. The Morgan fingerprint density at radius 2 is 1.85 bits per heavy atom. The third-order valence-corrected chi connectivity index (χ3v) is 4.56. The molecule has 0 bridgehead atoms. The van der Waals surface area contributed by atoms with Crippen LogP contribution in [0.3, 0.4) is 0 Å². The second-order valence-electron chi connectivity index (χ2n) is 6.73. The molecule has 0 fully saturated rings. The maximum absolute atomic E-state index is 5.89. The van der Waals surface area contributed by atoms with E-state index in [9.17, 15) is 0 Å². The Kier molecular flexibility index (Phi) is 6.85. The molecular weight excluding hydrogens is 336 g/mol. The number of unbranched alkanes of at least 4 members (excludes halogenated alkanes) is 3. The third-order valence-electron chi connectivity index (χ3n) is 4.56. The number of rotatable bonds is 10. The SMILES string of the molecule is CCCCCCOc1ccc(CCNc2ncnc3ccc(N)cc23)cc1. The molecule has 0 unspecified atom stereocenters. The van der Waals surface area contributed by atoms with Crippen LogP contribution in [-0.4, -0.2) is 23.1 Å². The summed E-state index contributed by atoms with van der Waals surface area (Å²) in [5.74, 6) is 1.76. The van der Waals surface area contributed by atoms with Crippen LogP contribution < -0.4 is 15.8 Å². The van der Waals surface area contributed by atoms with E-state index in [1.807, 2.05) is 18.2 Å². The zero-order chi connectivity index (χ0) is 18.9. The van der Waals surface area contributed by atoms with Crippen molar-refractivity contribution in [3.63, 3.8) is 0 Å². The molecule has 1 heterocycles. The molecule has 0 atom stereocenters. The first-order valence-electron chi connectivity index (χ1n) is 9.72. The maximum atomic E-state index is 5.89. The van der Waals surface area contributed by atoms with Crippen LogP contribution in [0.5, 0.6) is 5.75 Å². The molecule has 0 aliphatic carbocycles. The van der Waals surface area contributed by atoms with Gasteiger partial charge in [-0.1, -0.05) is 38.3 Å². The van der Waals surface area contributed by atoms with Crippen LogP contribution in [0.15, 0.2) is 48.8 Å². The molecule has 3 N–H and O–H groups in total. The summed E-state index contributed by atoms with van der Waals surface area (Å²) in [5, 5.41) is 4.34. The zero-order valence-electron chi connectivity index (χ0n) is 15.9. The van der Waals surface area contributed by atoms with E-state index in [0.717, 1.165) is 48.5 Å². The average molecular weight is 364 g/mol. The quantitative estimate of drug-likeness (QED) is 0.398. The predicted molar refractivity (Wildman–Crippen MR) is 112 cm³/mol. The van der Waals surface area contributed by atoms with E-state index >= 15 is 0 Å². The molecule has 0 aliphatic heterocycles. The second kappa shape index (κ2) is 9.76. The number of aromatic nitrogens is 2. The molecular formula is C22H28N4O. The lowest BCUT2D eigenvalue weighted by Crippen LogP contribution is -2.07. The molecule has 27 heavy (non-hydrogen) atoms. The molecule has 0 aliphatic rings. The van der Waals surface area contributed by atoms with E-state index in [4.69, 9.17) is 10.5 Å². The number of nitrogens with two attached hydrogens (primary N) is 1. The molecule has 3 rings (SSSR count). The summed E-state index contributed by atoms with van der Waals surface area (Å²) in [4.78, 5) is 8.63. The minimum absolute atomic E-state index is 0.714. The number of benzene rings is 2. The summed E-state index contributed by atoms with van der Waals surface area (Å²) in [7, 11) is 0. The molecule has 3 aromatic rings. The van der Waals surface area contributed by atoms with Crippen LogP contribution in [0.2, 0.25) is 0 Å². The van der Waals surface area contributed by atoms with Gasteiger partial charge in [0.2, 0.25) is 0 Å². The Bertz CT molecular complexity index is 849. The van der Waals surface area contributed by atoms with Gasteiger partial charge >= 0.3 is 0 Å². The Labute approximate surface area is 161 Å². The van der Waals surface area contributed by atoms with Crippen LogP contribution in [0.4, 0.5) is 11.5 Å². The number of nitrogens with zero attached hydrogens (tertiary/aromatic N) is 2. The van der Waals surface area contributed by atoms with Gasteiger partial charge in [-0.25, -0.2) is 9.97 Å². The standard InChI is InChI=1S/C22H28N4O/c1-2-3-4-5-14-27-19-9-6-17(7-10-19)12-13-24-22-20-15-18(23)8-11-21(20)25-16-26-22/h6-11,15-16H,2-5,12-14,23H2,1H3,(H,24,25,26). The summed E-state index contributed by atoms with van der Waals surface area (Å²) in [6.07, 6.45) is 7.38. The van der Waals surface area contributed by atoms with E-state index in [0.29, 0.717) is 5.69 Å². The van der Waals surface area contributed by atoms with Gasteiger partial charge in [0.15, 0.2) is 0 Å². The second-order valence-corrected chi connectivity index (χ2v) is 6.73. The fourth-order valence-corrected chi connectivity index (χ4v) is 3.01. The van der Waals surface area contributed by atoms with Gasteiger partial charge in [0.25, 0.3) is 0 Å². The lowest BCUT2D eigenvalue weighted by atomic mass is 10.1. The molecule has 0 radical (unpaired) electrons. The monoisotopic (exact) mass is 364 g/mol. The van der Waals surface area contributed by atoms with Crippen molar-refractivity contribution in [1.82, 2.24) is 9.97 Å². The van der Waals surface area contributed by atoms with E-state index in [-0.39, 0.29) is 0 Å². The third kappa shape index (κ3) is 5.58. The maximum Gasteiger partial charge on any atom is 0.137 e. The first-order valence-corrected chi connectivity index (χ1v) is 9.72. The highest BCUT2D eigenvalue weighted by Crippen LogP contribution is 2.21. The molecule has 0 amide bonds. The molecule has 0 saturated carbocycles. The van der Waals surface area contributed by atoms with E-state index < -0.39 is 0 Å². The number of nitrogens with one attached hydrogen (secondary N) is 1. The average Bonchev–Trinajstić information content (AvgIpc) is 2.69. The van der Waals surface area contributed by atoms with Gasteiger partial charge in [0.1, 0.15) is 17.9 Å². The molecule has 5 heteroatoms. The lowest BCUT2D eigenvalue weighted by molar-refractivity contribution is 0.305. The highest BCUT2D eigenvalue weighted by molar-refractivity contribution is 5.91. The van der Waals surface area contributed by atoms with Crippen LogP contribution in [0, 0.1) is 0 Å². The van der Waals surface area contributed by atoms with Gasteiger partial charge in [0.05, 0.1) is 12.1 Å². The predicted octanol–water partition coefficient (Wildman–Crippen LogP) is 4.83. The number of anilines is 2. The summed E-state index contributed by atoms with van der Waals surface area (Å²) >= 11 is 0. The number of hydrogen-bond donors (Lipinski definition) is 2. The highest BCUT2D eigenvalue weighted by Gasteiger charge is 2.04. The van der Waals surface area contributed by atoms with Gasteiger partial charge in [-0.3, -0.25) is 0 Å². The van der Waals surface area contributed by atoms with Gasteiger partial charge in [-0.2, -0.15) is 0 Å². The van der Waals surface area contributed by atoms with Crippen LogP contribution in [-0.2, 0) is 6.42 Å². The molecule has 2 aromatic carbocycles. The van der Waals surface area contributed by atoms with Gasteiger partial charge in [-0.05, 0) is 48.7 Å². The number of hydrogen-bond acceptors (Lipinski definition) is 5. The van der Waals surface area contributed by atoms with Crippen molar-refractivity contribution in [2.75, 3.05) is 24.2 Å². The van der Waals surface area contributed by atoms with Crippen LogP contribution >= 0.6 is 0 Å². The fourth-order valence-electron chi connectivity index (χ4n) is 3.01. The van der Waals surface area contributed by atoms with Gasteiger partial charge in [-0.15, -0.1) is 0 Å². The van der Waals surface area contributed by atoms with E-state index in [1.165, 1.54) is 24.8 Å². The normalized spacial score (nSPS) is 10.9. The van der Waals surface area contributed by atoms with Crippen molar-refractivity contribution < 1.29 is 4.74 Å². The fraction of sp³-hybridized carbons (Fsp3) is 0.364. The lowest BCUT2D eigenvalue weighted by Gasteiger charge is -2.10. The van der Waals surface area contributed by atoms with Crippen molar-refractivity contribution in [3.8, 4) is 5.75 Å². The summed E-state index contributed by atoms with van der Waals surface area (Å²) in [6.45, 7) is 3.81. The molecule has 0 saturated heterocycles.